The van der Waals surface area contributed by atoms with E-state index < -0.39 is 44.0 Å². The maximum atomic E-state index is 12.2. The molecule has 0 saturated carbocycles. The second kappa shape index (κ2) is 11.8. The molecule has 2 fully saturated rings. The molecule has 2 heterocycles. The van der Waals surface area contributed by atoms with Crippen LogP contribution >= 0.6 is 0 Å². The van der Waals surface area contributed by atoms with Crippen molar-refractivity contribution in [3.05, 3.63) is 30.3 Å². The minimum atomic E-state index is -3.72. The van der Waals surface area contributed by atoms with Gasteiger partial charge in [-0.25, -0.2) is 0 Å². The van der Waals surface area contributed by atoms with Gasteiger partial charge in [-0.1, -0.05) is 25.1 Å². The van der Waals surface area contributed by atoms with Gasteiger partial charge in [-0.2, -0.15) is 30.2 Å². The fraction of sp³-hybridized carbons (Fsp3) is 0.636. The topological polar surface area (TPSA) is 153 Å². The number of anilines is 1. The lowest BCUT2D eigenvalue weighted by molar-refractivity contribution is -0.140. The van der Waals surface area contributed by atoms with E-state index in [0.29, 0.717) is 37.9 Å². The molecule has 1 aromatic carbocycles. The first-order valence-electron chi connectivity index (χ1n) is 11.6. The Hall–Kier alpha value is -2.06. The van der Waals surface area contributed by atoms with Crippen LogP contribution in [0.4, 0.5) is 5.69 Å². The minimum Gasteiger partial charge on any atom is -0.480 e. The number of hydrogen-bond acceptors (Lipinski definition) is 6. The number of carbonyl (C=O) groups excluding carboxylic acids is 1. The summed E-state index contributed by atoms with van der Waals surface area (Å²) in [6.45, 7) is 7.52. The Bertz CT molecular complexity index is 1090. The van der Waals surface area contributed by atoms with Crippen molar-refractivity contribution in [3.63, 3.8) is 0 Å². The molecule has 198 valence electrons. The molecule has 0 aromatic heterocycles. The second-order valence-electron chi connectivity index (χ2n) is 9.30. The number of para-hydroxylation sites is 1. The number of hydrogen-bond donors (Lipinski definition) is 3. The maximum absolute atomic E-state index is 12.2. The average Bonchev–Trinajstić information content (AvgIpc) is 3.45. The molecule has 3 rings (SSSR count). The first-order chi connectivity index (χ1) is 16.2. The highest BCUT2D eigenvalue weighted by atomic mass is 32.2. The van der Waals surface area contributed by atoms with Gasteiger partial charge >= 0.3 is 16.2 Å². The fourth-order valence-corrected chi connectivity index (χ4v) is 7.27. The van der Waals surface area contributed by atoms with Crippen molar-refractivity contribution in [2.24, 2.45) is 0 Å². The number of nitrogens with one attached hydrogen (secondary N) is 2. The summed E-state index contributed by atoms with van der Waals surface area (Å²) in [7, 11) is -7.37. The van der Waals surface area contributed by atoms with E-state index in [1.807, 2.05) is 13.0 Å². The Morgan fingerprint density at radius 3 is 1.97 bits per heavy atom. The molecular formula is C22H36N4O7S2. The van der Waals surface area contributed by atoms with Crippen molar-refractivity contribution in [3.8, 4) is 0 Å². The number of nitrogens with zero attached hydrogens (tertiary/aromatic N) is 2. The van der Waals surface area contributed by atoms with Crippen molar-refractivity contribution in [2.45, 2.75) is 77.4 Å². The zero-order chi connectivity index (χ0) is 26.4. The molecule has 0 aliphatic carbocycles. The van der Waals surface area contributed by atoms with Gasteiger partial charge in [0, 0.05) is 24.3 Å². The number of Topliss-reactive ketones (excluding diaryl/α,β-unsaturated/α-hetero) is 1. The predicted octanol–water partition coefficient (Wildman–Crippen LogP) is 1.96. The van der Waals surface area contributed by atoms with E-state index in [9.17, 15) is 26.4 Å². The standard InChI is InChI=1S/C12H16N2O3S.C10H20N2O4S/c1-10(15)12-8-5-9-14(12)18(16,17)13-11-6-3-2-4-7-11;1-4-10(2,3)11-17(15,16)12-7-5-6-8(12)9(13)14/h2-4,6-7,12-13H,5,8-9H2,1H3;8,11H,4-7H2,1-3H3,(H,13,14)/t12-;8-/m00/s1. The zero-order valence-corrected chi connectivity index (χ0v) is 22.2. The summed E-state index contributed by atoms with van der Waals surface area (Å²) < 4.78 is 55.8. The highest BCUT2D eigenvalue weighted by Gasteiger charge is 2.40. The largest absolute Gasteiger partial charge is 0.480 e. The van der Waals surface area contributed by atoms with Gasteiger partial charge in [-0.3, -0.25) is 14.3 Å². The quantitative estimate of drug-likeness (QED) is 0.439. The van der Waals surface area contributed by atoms with Gasteiger partial charge in [-0.15, -0.1) is 0 Å². The van der Waals surface area contributed by atoms with Crippen LogP contribution in [0.5, 0.6) is 0 Å². The lowest BCUT2D eigenvalue weighted by Crippen LogP contribution is -2.52. The third-order valence-electron chi connectivity index (χ3n) is 6.09. The molecule has 11 nitrogen and oxygen atoms in total. The van der Waals surface area contributed by atoms with Crippen LogP contribution in [0.15, 0.2) is 30.3 Å². The van der Waals surface area contributed by atoms with Gasteiger partial charge in [0.1, 0.15) is 11.8 Å². The lowest BCUT2D eigenvalue weighted by Gasteiger charge is -2.29. The molecule has 1 aromatic rings. The van der Waals surface area contributed by atoms with Crippen LogP contribution in [0.3, 0.4) is 0 Å². The van der Waals surface area contributed by atoms with Crippen molar-refractivity contribution >= 4 is 37.9 Å². The van der Waals surface area contributed by atoms with Gasteiger partial charge in [-0.05, 0) is 65.0 Å². The van der Waals surface area contributed by atoms with Crippen LogP contribution < -0.4 is 9.44 Å². The smallest absolute Gasteiger partial charge is 0.322 e. The number of aliphatic carboxylic acids is 1. The van der Waals surface area contributed by atoms with E-state index in [-0.39, 0.29) is 12.3 Å². The molecule has 0 amide bonds. The summed E-state index contributed by atoms with van der Waals surface area (Å²) in [5.41, 5.74) is -0.0588. The van der Waals surface area contributed by atoms with Gasteiger partial charge in [0.2, 0.25) is 0 Å². The summed E-state index contributed by atoms with van der Waals surface area (Å²) in [5, 5.41) is 8.97. The monoisotopic (exact) mass is 532 g/mol. The number of ketones is 1. The highest BCUT2D eigenvalue weighted by molar-refractivity contribution is 7.90. The van der Waals surface area contributed by atoms with Gasteiger partial charge in [0.15, 0.2) is 0 Å². The van der Waals surface area contributed by atoms with Crippen molar-refractivity contribution in [1.82, 2.24) is 13.3 Å². The Labute approximate surface area is 208 Å². The highest BCUT2D eigenvalue weighted by Crippen LogP contribution is 2.24. The summed E-state index contributed by atoms with van der Waals surface area (Å²) in [6, 6.07) is 7.22. The van der Waals surface area contributed by atoms with Crippen LogP contribution in [0.2, 0.25) is 0 Å². The molecule has 0 radical (unpaired) electrons. The van der Waals surface area contributed by atoms with Crippen molar-refractivity contribution < 1.29 is 31.5 Å². The molecule has 2 aliphatic heterocycles. The Morgan fingerprint density at radius 1 is 0.971 bits per heavy atom. The molecule has 2 aliphatic rings. The molecule has 2 atom stereocenters. The second-order valence-corrected chi connectivity index (χ2v) is 12.6. The Morgan fingerprint density at radius 2 is 1.49 bits per heavy atom. The van der Waals surface area contributed by atoms with E-state index >= 15 is 0 Å². The molecule has 2 saturated heterocycles. The van der Waals surface area contributed by atoms with Crippen LogP contribution in [-0.4, -0.2) is 73.0 Å². The Balaban J connectivity index is 0.000000247. The number of carbonyl (C=O) groups is 2. The fourth-order valence-electron chi connectivity index (χ4n) is 3.90. The summed E-state index contributed by atoms with van der Waals surface area (Å²) in [6.07, 6.45) is 2.93. The molecule has 3 N–H and O–H groups in total. The van der Waals surface area contributed by atoms with Crippen LogP contribution in [0.25, 0.3) is 0 Å². The Kier molecular flexibility index (Phi) is 9.82. The summed E-state index contributed by atoms with van der Waals surface area (Å²) >= 11 is 0. The predicted molar refractivity (Wildman–Crippen MR) is 133 cm³/mol. The molecular weight excluding hydrogens is 496 g/mol. The lowest BCUT2D eigenvalue weighted by atomic mass is 10.0. The van der Waals surface area contributed by atoms with Crippen molar-refractivity contribution in [1.29, 1.82) is 0 Å². The minimum absolute atomic E-state index is 0.106. The number of carboxylic acids is 1. The molecule has 0 spiro atoms. The van der Waals surface area contributed by atoms with Crippen LogP contribution in [0.1, 0.15) is 59.8 Å². The van der Waals surface area contributed by atoms with Gasteiger partial charge in [0.05, 0.1) is 6.04 Å². The van der Waals surface area contributed by atoms with Gasteiger partial charge < -0.3 is 5.11 Å². The molecule has 35 heavy (non-hydrogen) atoms. The van der Waals surface area contributed by atoms with E-state index in [4.69, 9.17) is 5.11 Å². The first-order valence-corrected chi connectivity index (χ1v) is 14.5. The van der Waals surface area contributed by atoms with E-state index in [1.165, 1.54) is 11.2 Å². The number of rotatable bonds is 9. The third-order valence-corrected chi connectivity index (χ3v) is 9.50. The number of benzene rings is 1. The van der Waals surface area contributed by atoms with Crippen LogP contribution in [0, 0.1) is 0 Å². The van der Waals surface area contributed by atoms with Crippen LogP contribution in [-0.2, 0) is 30.0 Å². The average molecular weight is 533 g/mol. The molecule has 0 unspecified atom stereocenters. The normalized spacial score (nSPS) is 21.8. The van der Waals surface area contributed by atoms with Gasteiger partial charge in [0.25, 0.3) is 10.2 Å². The first kappa shape index (κ1) is 29.2. The maximum Gasteiger partial charge on any atom is 0.322 e. The molecule has 13 heteroatoms. The summed E-state index contributed by atoms with van der Waals surface area (Å²) in [4.78, 5) is 22.4. The van der Waals surface area contributed by atoms with Crippen molar-refractivity contribution in [2.75, 3.05) is 17.8 Å². The van der Waals surface area contributed by atoms with E-state index in [2.05, 4.69) is 9.44 Å². The van der Waals surface area contributed by atoms with E-state index in [1.54, 1.807) is 38.1 Å². The number of carboxylic acid groups (broad SMARTS) is 1. The van der Waals surface area contributed by atoms with E-state index in [0.717, 1.165) is 10.7 Å². The third kappa shape index (κ3) is 7.97. The summed E-state index contributed by atoms with van der Waals surface area (Å²) in [5.74, 6) is -1.19. The zero-order valence-electron chi connectivity index (χ0n) is 20.6. The SMILES string of the molecule is CC(=O)[C@@H]1CCCN1S(=O)(=O)Nc1ccccc1.CCC(C)(C)NS(=O)(=O)N1CCC[C@H]1C(=O)O. The molecule has 0 bridgehead atoms.